The molecule has 0 radical (unpaired) electrons. The summed E-state index contributed by atoms with van der Waals surface area (Å²) in [6, 6.07) is 0. The van der Waals surface area contributed by atoms with E-state index in [1.807, 2.05) is 20.8 Å². The second-order valence-electron chi connectivity index (χ2n) is 3.98. The summed E-state index contributed by atoms with van der Waals surface area (Å²) in [6.45, 7) is 6.91. The van der Waals surface area contributed by atoms with Crippen molar-refractivity contribution >= 4 is 10.2 Å². The third-order valence-electron chi connectivity index (χ3n) is 1.18. The van der Waals surface area contributed by atoms with E-state index in [-0.39, 0.29) is 12.0 Å². The molecule has 3 nitrogen and oxygen atoms in total. The van der Waals surface area contributed by atoms with Gasteiger partial charge < -0.3 is 5.32 Å². The van der Waals surface area contributed by atoms with Gasteiger partial charge in [0.15, 0.2) is 0 Å². The number of rotatable bonds is 4. The number of halogens is 1. The highest BCUT2D eigenvalue weighted by molar-refractivity contribution is 7.86. The van der Waals surface area contributed by atoms with Gasteiger partial charge in [0.2, 0.25) is 0 Å². The first-order valence-corrected chi connectivity index (χ1v) is 5.39. The average Bonchev–Trinajstić information content (AvgIpc) is 1.76. The lowest BCUT2D eigenvalue weighted by Gasteiger charge is -2.18. The molecule has 0 aromatic carbocycles. The van der Waals surface area contributed by atoms with E-state index in [9.17, 15) is 12.3 Å². The maximum absolute atomic E-state index is 11.9. The summed E-state index contributed by atoms with van der Waals surface area (Å²) < 4.78 is 32.0. The molecule has 0 aromatic rings. The molecule has 0 aromatic heterocycles. The van der Waals surface area contributed by atoms with E-state index >= 15 is 0 Å². The fourth-order valence-corrected chi connectivity index (χ4v) is 1.05. The fourth-order valence-electron chi connectivity index (χ4n) is 0.657. The Labute approximate surface area is 73.6 Å². The molecule has 0 aliphatic carbocycles. The zero-order valence-corrected chi connectivity index (χ0v) is 8.54. The van der Waals surface area contributed by atoms with Crippen molar-refractivity contribution in [3.05, 3.63) is 0 Å². The smallest absolute Gasteiger partial charge is 0.303 e. The highest BCUT2D eigenvalue weighted by Crippen LogP contribution is 2.09. The Balaban J connectivity index is 3.48. The van der Waals surface area contributed by atoms with E-state index in [4.69, 9.17) is 0 Å². The van der Waals surface area contributed by atoms with Gasteiger partial charge >= 0.3 is 10.2 Å². The first-order chi connectivity index (χ1) is 5.21. The van der Waals surface area contributed by atoms with Crippen LogP contribution in [0.25, 0.3) is 0 Å². The molecule has 0 aliphatic heterocycles. The molecule has 0 heterocycles. The van der Waals surface area contributed by atoms with Crippen LogP contribution in [0.4, 0.5) is 3.89 Å². The van der Waals surface area contributed by atoms with Crippen LogP contribution in [0.1, 0.15) is 20.8 Å². The minimum Gasteiger partial charge on any atom is -0.315 e. The van der Waals surface area contributed by atoms with Gasteiger partial charge in [-0.05, 0) is 5.41 Å². The van der Waals surface area contributed by atoms with Gasteiger partial charge in [-0.3, -0.25) is 0 Å². The van der Waals surface area contributed by atoms with Crippen LogP contribution in [0.5, 0.6) is 0 Å². The minimum absolute atomic E-state index is 0.0973. The maximum atomic E-state index is 11.9. The molecule has 0 saturated carbocycles. The maximum Gasteiger partial charge on any atom is 0.303 e. The van der Waals surface area contributed by atoms with Crippen molar-refractivity contribution in [2.45, 2.75) is 20.8 Å². The Kier molecular flexibility index (Phi) is 4.13. The van der Waals surface area contributed by atoms with Crippen LogP contribution in [-0.2, 0) is 10.2 Å². The topological polar surface area (TPSA) is 46.2 Å². The largest absolute Gasteiger partial charge is 0.315 e. The number of hydrogen-bond acceptors (Lipinski definition) is 3. The summed E-state index contributed by atoms with van der Waals surface area (Å²) in [5, 5.41) is 2.86. The van der Waals surface area contributed by atoms with Crippen LogP contribution >= 0.6 is 0 Å². The summed E-state index contributed by atoms with van der Waals surface area (Å²) in [7, 11) is -4.30. The van der Waals surface area contributed by atoms with Gasteiger partial charge in [-0.25, -0.2) is 0 Å². The fraction of sp³-hybridized carbons (Fsp3) is 1.00. The van der Waals surface area contributed by atoms with Crippen molar-refractivity contribution in [1.82, 2.24) is 5.32 Å². The standard InChI is InChI=1S/C7H16FNO2S/c1-7(2,3)6-9-4-5-12(8,10)11/h9H,4-6H2,1-3H3. The van der Waals surface area contributed by atoms with Crippen LogP contribution in [0.2, 0.25) is 0 Å². The molecule has 0 amide bonds. The van der Waals surface area contributed by atoms with Crippen molar-refractivity contribution in [3.63, 3.8) is 0 Å². The molecule has 1 N–H and O–H groups in total. The summed E-state index contributed by atoms with van der Waals surface area (Å²) in [4.78, 5) is 0. The molecular formula is C7H16FNO2S. The molecule has 0 spiro atoms. The molecule has 5 heteroatoms. The predicted octanol–water partition coefficient (Wildman–Crippen LogP) is 0.921. The van der Waals surface area contributed by atoms with E-state index in [2.05, 4.69) is 5.32 Å². The Morgan fingerprint density at radius 1 is 1.33 bits per heavy atom. The Morgan fingerprint density at radius 3 is 2.17 bits per heavy atom. The van der Waals surface area contributed by atoms with Crippen molar-refractivity contribution in [1.29, 1.82) is 0 Å². The van der Waals surface area contributed by atoms with E-state index in [1.54, 1.807) is 0 Å². The van der Waals surface area contributed by atoms with E-state index in [0.717, 1.165) is 0 Å². The summed E-state index contributed by atoms with van der Waals surface area (Å²) >= 11 is 0. The molecule has 0 fully saturated rings. The Morgan fingerprint density at radius 2 is 1.83 bits per heavy atom. The van der Waals surface area contributed by atoms with Crippen molar-refractivity contribution in [3.8, 4) is 0 Å². The molecule has 0 atom stereocenters. The number of hydrogen-bond donors (Lipinski definition) is 1. The molecule has 0 unspecified atom stereocenters. The van der Waals surface area contributed by atoms with E-state index < -0.39 is 16.0 Å². The zero-order valence-electron chi connectivity index (χ0n) is 7.72. The highest BCUT2D eigenvalue weighted by Gasteiger charge is 2.10. The molecular weight excluding hydrogens is 181 g/mol. The molecule has 74 valence electrons. The van der Waals surface area contributed by atoms with E-state index in [0.29, 0.717) is 6.54 Å². The van der Waals surface area contributed by atoms with Crippen LogP contribution in [-0.4, -0.2) is 27.3 Å². The van der Waals surface area contributed by atoms with Crippen LogP contribution in [0.3, 0.4) is 0 Å². The van der Waals surface area contributed by atoms with Crippen LogP contribution < -0.4 is 5.32 Å². The second-order valence-corrected chi connectivity index (χ2v) is 5.47. The lowest BCUT2D eigenvalue weighted by molar-refractivity contribution is 0.384. The summed E-state index contributed by atoms with van der Waals surface area (Å²) in [5.74, 6) is -0.441. The molecule has 12 heavy (non-hydrogen) atoms. The normalized spacial score (nSPS) is 13.3. The van der Waals surface area contributed by atoms with E-state index in [1.165, 1.54) is 0 Å². The average molecular weight is 197 g/mol. The van der Waals surface area contributed by atoms with Gasteiger partial charge in [0, 0.05) is 13.1 Å². The highest BCUT2D eigenvalue weighted by atomic mass is 32.3. The zero-order chi connectivity index (χ0) is 9.83. The van der Waals surface area contributed by atoms with Crippen LogP contribution in [0, 0.1) is 5.41 Å². The lowest BCUT2D eigenvalue weighted by atomic mass is 9.97. The molecule has 0 rings (SSSR count). The van der Waals surface area contributed by atoms with Crippen molar-refractivity contribution in [2.24, 2.45) is 5.41 Å². The van der Waals surface area contributed by atoms with Gasteiger partial charge in [-0.1, -0.05) is 20.8 Å². The van der Waals surface area contributed by atoms with Crippen molar-refractivity contribution < 1.29 is 12.3 Å². The number of nitrogens with one attached hydrogen (secondary N) is 1. The van der Waals surface area contributed by atoms with Crippen LogP contribution in [0.15, 0.2) is 0 Å². The first-order valence-electron chi connectivity index (χ1n) is 3.84. The quantitative estimate of drug-likeness (QED) is 0.538. The minimum atomic E-state index is -4.30. The van der Waals surface area contributed by atoms with Crippen molar-refractivity contribution in [2.75, 3.05) is 18.8 Å². The van der Waals surface area contributed by atoms with Gasteiger partial charge in [-0.2, -0.15) is 8.42 Å². The Bertz CT molecular complexity index is 218. The van der Waals surface area contributed by atoms with Gasteiger partial charge in [0.25, 0.3) is 0 Å². The summed E-state index contributed by atoms with van der Waals surface area (Å²) in [5.41, 5.74) is 0.0973. The van der Waals surface area contributed by atoms with Gasteiger partial charge in [-0.15, -0.1) is 3.89 Å². The third-order valence-corrected chi connectivity index (χ3v) is 1.87. The lowest BCUT2D eigenvalue weighted by Crippen LogP contribution is -2.30. The first kappa shape index (κ1) is 11.8. The summed E-state index contributed by atoms with van der Waals surface area (Å²) in [6.07, 6.45) is 0. The second kappa shape index (κ2) is 4.18. The van der Waals surface area contributed by atoms with Gasteiger partial charge in [0.05, 0.1) is 5.75 Å². The molecule has 0 bridgehead atoms. The SMILES string of the molecule is CC(C)(C)CNCCS(=O)(=O)F. The Hall–Kier alpha value is -0.160. The monoisotopic (exact) mass is 197 g/mol. The third kappa shape index (κ3) is 9.84. The predicted molar refractivity (Wildman–Crippen MR) is 47.2 cm³/mol. The molecule has 0 aliphatic rings. The molecule has 0 saturated heterocycles. The van der Waals surface area contributed by atoms with Gasteiger partial charge in [0.1, 0.15) is 0 Å².